The van der Waals surface area contributed by atoms with E-state index in [0.29, 0.717) is 0 Å². The van der Waals surface area contributed by atoms with E-state index in [2.05, 4.69) is 23.7 Å². The largest absolute Gasteiger partial charge is 0.373 e. The normalized spacial score (nSPS) is 25.7. The van der Waals surface area contributed by atoms with Crippen LogP contribution in [-0.4, -0.2) is 10.2 Å². The van der Waals surface area contributed by atoms with Gasteiger partial charge < -0.3 is 10.2 Å². The van der Waals surface area contributed by atoms with Crippen molar-refractivity contribution in [3.8, 4) is 23.7 Å². The molecule has 2 heteroatoms. The van der Waals surface area contributed by atoms with Crippen LogP contribution in [0.4, 0.5) is 0 Å². The minimum atomic E-state index is -1.45. The van der Waals surface area contributed by atoms with Crippen LogP contribution in [0.2, 0.25) is 0 Å². The first-order chi connectivity index (χ1) is 16.6. The standard InChI is InChI=1S/C32H22O2/c33-31(21-19-23-11-3-1-4-12-23)27-17-9-7-15-25(27)30-29(31)26-16-8-10-18-28(26)32(30,34)22-20-24-13-5-2-6-14-24/h1-18,29-30,33-34H. The van der Waals surface area contributed by atoms with Crippen LogP contribution in [0.5, 0.6) is 0 Å². The number of fused-ring (bicyclic) bond motifs is 5. The van der Waals surface area contributed by atoms with Gasteiger partial charge in [-0.2, -0.15) is 0 Å². The van der Waals surface area contributed by atoms with Crippen LogP contribution in [0.1, 0.15) is 45.2 Å². The zero-order chi connectivity index (χ0) is 23.2. The molecule has 0 spiro atoms. The first kappa shape index (κ1) is 20.5. The third-order valence-corrected chi connectivity index (χ3v) is 6.99. The SMILES string of the molecule is OC1(C#Cc2ccccc2)c2ccccc2C2C1c1ccccc1C2(O)C#Cc1ccccc1. The summed E-state index contributed by atoms with van der Waals surface area (Å²) in [6, 6.07) is 34.9. The van der Waals surface area contributed by atoms with Crippen molar-refractivity contribution in [2.24, 2.45) is 0 Å². The van der Waals surface area contributed by atoms with Gasteiger partial charge >= 0.3 is 0 Å². The Balaban J connectivity index is 1.57. The van der Waals surface area contributed by atoms with E-state index >= 15 is 0 Å². The summed E-state index contributed by atoms with van der Waals surface area (Å²) in [7, 11) is 0. The van der Waals surface area contributed by atoms with Gasteiger partial charge in [0.1, 0.15) is 0 Å². The van der Waals surface area contributed by atoms with Gasteiger partial charge in [0.15, 0.2) is 11.2 Å². The zero-order valence-electron chi connectivity index (χ0n) is 18.4. The summed E-state index contributed by atoms with van der Waals surface area (Å²) in [5, 5.41) is 24.4. The fourth-order valence-corrected chi connectivity index (χ4v) is 5.53. The predicted molar refractivity (Wildman–Crippen MR) is 133 cm³/mol. The molecule has 0 bridgehead atoms. The molecule has 0 heterocycles. The molecule has 2 N–H and O–H groups in total. The number of rotatable bonds is 0. The van der Waals surface area contributed by atoms with Crippen LogP contribution >= 0.6 is 0 Å². The van der Waals surface area contributed by atoms with Crippen LogP contribution in [0.25, 0.3) is 0 Å². The lowest BCUT2D eigenvalue weighted by Crippen LogP contribution is -2.31. The molecule has 0 radical (unpaired) electrons. The molecule has 2 aliphatic rings. The summed E-state index contributed by atoms with van der Waals surface area (Å²) in [4.78, 5) is 0. The topological polar surface area (TPSA) is 40.5 Å². The first-order valence-corrected chi connectivity index (χ1v) is 11.4. The molecule has 4 unspecified atom stereocenters. The highest BCUT2D eigenvalue weighted by atomic mass is 16.3. The summed E-state index contributed by atoms with van der Waals surface area (Å²) >= 11 is 0. The highest BCUT2D eigenvalue weighted by Crippen LogP contribution is 2.65. The Morgan fingerprint density at radius 3 is 1.24 bits per heavy atom. The summed E-state index contributed by atoms with van der Waals surface area (Å²) in [5.41, 5.74) is 2.02. The molecule has 0 fully saturated rings. The molecule has 4 aromatic rings. The van der Waals surface area contributed by atoms with Crippen LogP contribution < -0.4 is 0 Å². The van der Waals surface area contributed by atoms with Crippen molar-refractivity contribution in [1.82, 2.24) is 0 Å². The molecule has 4 atom stereocenters. The van der Waals surface area contributed by atoms with Gasteiger partial charge in [0.25, 0.3) is 0 Å². The maximum absolute atomic E-state index is 12.2. The van der Waals surface area contributed by atoms with Crippen molar-refractivity contribution >= 4 is 0 Å². The van der Waals surface area contributed by atoms with E-state index in [0.717, 1.165) is 33.4 Å². The van der Waals surface area contributed by atoms with Crippen LogP contribution in [0, 0.1) is 23.7 Å². The molecule has 2 nitrogen and oxygen atoms in total. The van der Waals surface area contributed by atoms with E-state index < -0.39 is 23.0 Å². The third kappa shape index (κ3) is 3.01. The Morgan fingerprint density at radius 2 is 0.824 bits per heavy atom. The average molecular weight is 439 g/mol. The van der Waals surface area contributed by atoms with Gasteiger partial charge in [-0.05, 0) is 35.4 Å². The summed E-state index contributed by atoms with van der Waals surface area (Å²) in [5.74, 6) is 11.9. The van der Waals surface area contributed by atoms with E-state index in [1.165, 1.54) is 0 Å². The van der Waals surface area contributed by atoms with Crippen LogP contribution in [0.3, 0.4) is 0 Å². The quantitative estimate of drug-likeness (QED) is 0.377. The predicted octanol–water partition coefficient (Wildman–Crippen LogP) is 5.06. The van der Waals surface area contributed by atoms with Crippen molar-refractivity contribution < 1.29 is 10.2 Å². The number of aliphatic hydroxyl groups is 2. The van der Waals surface area contributed by atoms with E-state index in [-0.39, 0.29) is 0 Å². The molecule has 0 saturated carbocycles. The van der Waals surface area contributed by atoms with Gasteiger partial charge in [-0.1, -0.05) is 109 Å². The summed E-state index contributed by atoms with van der Waals surface area (Å²) in [6.07, 6.45) is 0. The summed E-state index contributed by atoms with van der Waals surface area (Å²) in [6.45, 7) is 0. The highest BCUT2D eigenvalue weighted by Gasteiger charge is 2.63. The van der Waals surface area contributed by atoms with Crippen LogP contribution in [0.15, 0.2) is 109 Å². The maximum Gasteiger partial charge on any atom is 0.159 e. The lowest BCUT2D eigenvalue weighted by Gasteiger charge is -2.28. The Kier molecular flexibility index (Phi) is 4.68. The van der Waals surface area contributed by atoms with Crippen molar-refractivity contribution in [2.45, 2.75) is 23.0 Å². The minimum Gasteiger partial charge on any atom is -0.373 e. The molecular formula is C32H22O2. The lowest BCUT2D eigenvalue weighted by molar-refractivity contribution is 0.0325. The molecule has 2 aliphatic carbocycles. The van der Waals surface area contributed by atoms with Gasteiger partial charge in [-0.3, -0.25) is 0 Å². The highest BCUT2D eigenvalue weighted by molar-refractivity contribution is 5.64. The van der Waals surface area contributed by atoms with Gasteiger partial charge in [-0.15, -0.1) is 0 Å². The maximum atomic E-state index is 12.2. The molecule has 34 heavy (non-hydrogen) atoms. The van der Waals surface area contributed by atoms with Crippen molar-refractivity contribution in [3.63, 3.8) is 0 Å². The Hall–Kier alpha value is -4.08. The van der Waals surface area contributed by atoms with E-state index in [1.54, 1.807) is 0 Å². The lowest BCUT2D eigenvalue weighted by atomic mass is 9.79. The summed E-state index contributed by atoms with van der Waals surface area (Å²) < 4.78 is 0. The Bertz CT molecular complexity index is 1380. The first-order valence-electron chi connectivity index (χ1n) is 11.4. The molecular weight excluding hydrogens is 416 g/mol. The van der Waals surface area contributed by atoms with E-state index in [1.807, 2.05) is 109 Å². The number of benzene rings is 4. The minimum absolute atomic E-state index is 0.438. The van der Waals surface area contributed by atoms with E-state index in [9.17, 15) is 10.2 Å². The fraction of sp³-hybridized carbons (Fsp3) is 0.125. The molecule has 4 aromatic carbocycles. The Labute approximate surface area is 199 Å². The van der Waals surface area contributed by atoms with Crippen molar-refractivity contribution in [3.05, 3.63) is 143 Å². The van der Waals surface area contributed by atoms with Crippen LogP contribution in [-0.2, 0) is 11.2 Å². The second kappa shape index (κ2) is 7.75. The van der Waals surface area contributed by atoms with Crippen molar-refractivity contribution in [1.29, 1.82) is 0 Å². The molecule has 0 aromatic heterocycles. The second-order valence-electron chi connectivity index (χ2n) is 8.89. The molecule has 6 rings (SSSR count). The monoisotopic (exact) mass is 438 g/mol. The van der Waals surface area contributed by atoms with Gasteiger partial charge in [0.2, 0.25) is 0 Å². The fourth-order valence-electron chi connectivity index (χ4n) is 5.53. The zero-order valence-corrected chi connectivity index (χ0v) is 18.4. The van der Waals surface area contributed by atoms with Gasteiger partial charge in [0.05, 0.1) is 0 Å². The molecule has 0 saturated heterocycles. The third-order valence-electron chi connectivity index (χ3n) is 6.99. The molecule has 0 aliphatic heterocycles. The number of hydrogen-bond donors (Lipinski definition) is 2. The molecule has 162 valence electrons. The Morgan fingerprint density at radius 1 is 0.471 bits per heavy atom. The van der Waals surface area contributed by atoms with Gasteiger partial charge in [-0.25, -0.2) is 0 Å². The van der Waals surface area contributed by atoms with Crippen molar-refractivity contribution in [2.75, 3.05) is 0 Å². The second-order valence-corrected chi connectivity index (χ2v) is 8.89. The molecule has 0 amide bonds. The van der Waals surface area contributed by atoms with E-state index in [4.69, 9.17) is 0 Å². The number of hydrogen-bond acceptors (Lipinski definition) is 2. The average Bonchev–Trinajstić information content (AvgIpc) is 3.32. The van der Waals surface area contributed by atoms with Gasteiger partial charge in [0, 0.05) is 34.1 Å². The smallest absolute Gasteiger partial charge is 0.159 e.